The number of nitrogens with one attached hydrogen (secondary N) is 2. The van der Waals surface area contributed by atoms with Gasteiger partial charge < -0.3 is 10.2 Å². The van der Waals surface area contributed by atoms with Gasteiger partial charge in [0.15, 0.2) is 0 Å². The average molecular weight is 775 g/mol. The van der Waals surface area contributed by atoms with E-state index in [0.29, 0.717) is 35.0 Å². The molecule has 11 nitrogen and oxygen atoms in total. The summed E-state index contributed by atoms with van der Waals surface area (Å²) in [4.78, 5) is 49.1. The second kappa shape index (κ2) is 15.2. The third kappa shape index (κ3) is 7.66. The molecule has 2 N–H and O–H groups in total. The van der Waals surface area contributed by atoms with Crippen LogP contribution in [0.1, 0.15) is 90.6 Å². The Morgan fingerprint density at radius 3 is 2.43 bits per heavy atom. The van der Waals surface area contributed by atoms with Crippen molar-refractivity contribution in [3.63, 3.8) is 0 Å². The van der Waals surface area contributed by atoms with Crippen molar-refractivity contribution in [3.05, 3.63) is 89.6 Å². The summed E-state index contributed by atoms with van der Waals surface area (Å²) in [5.41, 5.74) is -0.230. The number of carbonyl (C=O) groups is 3. The van der Waals surface area contributed by atoms with Gasteiger partial charge in [-0.1, -0.05) is 24.3 Å². The Kier molecular flexibility index (Phi) is 10.2. The van der Waals surface area contributed by atoms with E-state index in [4.69, 9.17) is 0 Å². The van der Waals surface area contributed by atoms with Crippen LogP contribution in [0.15, 0.2) is 67.1 Å². The van der Waals surface area contributed by atoms with Gasteiger partial charge in [0.05, 0.1) is 29.1 Å². The molecule has 3 aromatic heterocycles. The van der Waals surface area contributed by atoms with Crippen LogP contribution in [0.3, 0.4) is 0 Å². The van der Waals surface area contributed by atoms with Crippen molar-refractivity contribution in [2.24, 2.45) is 5.92 Å². The number of halogens is 5. The number of nitrogens with zero attached hydrogens (tertiary/aromatic N) is 6. The highest BCUT2D eigenvalue weighted by molar-refractivity contribution is 6.10. The Morgan fingerprint density at radius 1 is 0.929 bits per heavy atom. The number of imide groups is 1. The van der Waals surface area contributed by atoms with Crippen molar-refractivity contribution in [2.75, 3.05) is 36.4 Å². The number of urea groups is 1. The summed E-state index contributed by atoms with van der Waals surface area (Å²) in [7, 11) is 0. The van der Waals surface area contributed by atoms with Crippen LogP contribution in [0.25, 0.3) is 21.7 Å². The lowest BCUT2D eigenvalue weighted by atomic mass is 9.84. The Balaban J connectivity index is 0.877. The lowest BCUT2D eigenvalue weighted by Gasteiger charge is -2.37. The van der Waals surface area contributed by atoms with E-state index < -0.39 is 41.5 Å². The fourth-order valence-electron chi connectivity index (χ4n) is 8.44. The third-order valence-corrected chi connectivity index (χ3v) is 11.3. The van der Waals surface area contributed by atoms with Crippen molar-refractivity contribution in [1.82, 2.24) is 30.0 Å². The monoisotopic (exact) mass is 774 g/mol. The predicted octanol–water partition coefficient (Wildman–Crippen LogP) is 8.25. The van der Waals surface area contributed by atoms with Crippen molar-refractivity contribution < 1.29 is 36.3 Å². The Morgan fingerprint density at radius 2 is 1.70 bits per heavy atom. The van der Waals surface area contributed by atoms with Gasteiger partial charge in [-0.15, -0.1) is 0 Å². The molecule has 16 heteroatoms. The van der Waals surface area contributed by atoms with E-state index in [1.807, 2.05) is 23.0 Å². The quantitative estimate of drug-likeness (QED) is 0.152. The van der Waals surface area contributed by atoms with Gasteiger partial charge in [-0.3, -0.25) is 29.5 Å². The molecule has 2 aromatic carbocycles. The zero-order valence-electron chi connectivity index (χ0n) is 30.2. The van der Waals surface area contributed by atoms with Crippen LogP contribution >= 0.6 is 0 Å². The minimum atomic E-state index is -4.76. The van der Waals surface area contributed by atoms with Crippen LogP contribution in [0.2, 0.25) is 0 Å². The second-order valence-corrected chi connectivity index (χ2v) is 14.9. The molecule has 3 aliphatic rings. The topological polar surface area (TPSA) is 125 Å². The Labute approximate surface area is 318 Å². The molecule has 5 heterocycles. The van der Waals surface area contributed by atoms with E-state index in [-0.39, 0.29) is 24.1 Å². The number of piperidine rings is 1. The van der Waals surface area contributed by atoms with Gasteiger partial charge in [0.1, 0.15) is 11.4 Å². The summed E-state index contributed by atoms with van der Waals surface area (Å²) >= 11 is 0. The van der Waals surface area contributed by atoms with Crippen LogP contribution in [0, 0.1) is 5.92 Å². The van der Waals surface area contributed by atoms with Crippen molar-refractivity contribution in [3.8, 4) is 0 Å². The molecule has 4 amide bonds. The number of likely N-dealkylation sites (tertiary alicyclic amines) is 1. The van der Waals surface area contributed by atoms with Crippen LogP contribution in [0.5, 0.6) is 0 Å². The number of carbonyl (C=O) groups excluding carboxylic acids is 3. The lowest BCUT2D eigenvalue weighted by Crippen LogP contribution is -2.49. The maximum absolute atomic E-state index is 14.1. The maximum Gasteiger partial charge on any atom is 0.433 e. The van der Waals surface area contributed by atoms with Crippen LogP contribution < -0.4 is 15.5 Å². The fourth-order valence-corrected chi connectivity index (χ4v) is 8.44. The highest BCUT2D eigenvalue weighted by atomic mass is 19.4. The molecule has 5 aromatic rings. The Bertz CT molecular complexity index is 2300. The van der Waals surface area contributed by atoms with Crippen LogP contribution in [-0.2, 0) is 11.0 Å². The van der Waals surface area contributed by atoms with Gasteiger partial charge >= 0.3 is 12.2 Å². The lowest BCUT2D eigenvalue weighted by molar-refractivity contribution is -0.141. The number of rotatable bonds is 8. The van der Waals surface area contributed by atoms with Gasteiger partial charge in [0.2, 0.25) is 5.91 Å². The summed E-state index contributed by atoms with van der Waals surface area (Å²) in [6.07, 6.45) is 3.55. The van der Waals surface area contributed by atoms with Gasteiger partial charge in [0, 0.05) is 53.6 Å². The zero-order valence-corrected chi connectivity index (χ0v) is 30.2. The third-order valence-electron chi connectivity index (χ3n) is 11.3. The van der Waals surface area contributed by atoms with E-state index in [1.165, 1.54) is 17.7 Å². The number of benzene rings is 2. The van der Waals surface area contributed by atoms with E-state index in [2.05, 4.69) is 36.7 Å². The van der Waals surface area contributed by atoms with Crippen molar-refractivity contribution in [1.29, 1.82) is 0 Å². The van der Waals surface area contributed by atoms with Gasteiger partial charge in [-0.2, -0.15) is 18.3 Å². The average Bonchev–Trinajstić information content (AvgIpc) is 3.61. The van der Waals surface area contributed by atoms with Crippen LogP contribution in [0.4, 0.5) is 38.1 Å². The molecular formula is C40H39F5N8O3. The molecule has 0 radical (unpaired) electrons. The molecule has 56 heavy (non-hydrogen) atoms. The fraction of sp³-hybridized carbons (Fsp3) is 0.400. The molecule has 0 unspecified atom stereocenters. The van der Waals surface area contributed by atoms with Gasteiger partial charge in [0.25, 0.3) is 12.3 Å². The van der Waals surface area contributed by atoms with Gasteiger partial charge in [-0.05, 0) is 93.3 Å². The number of aromatic nitrogens is 4. The molecule has 2 saturated heterocycles. The smallest absolute Gasteiger partial charge is 0.320 e. The Hall–Kier alpha value is -5.51. The first-order chi connectivity index (χ1) is 26.9. The standard InChI is InChI=1S/C40H39F5N8O3/c41-37(42)29-18-32-25(17-33(29)48-38(55)31-5-2-6-35(47-31)40(43,44)45)22-53(50-32)26-9-7-23(8-10-26)21-51-14-11-24(12-15-51)27-3-1-4-28-30(27)19-46-20-34(28)52-16-13-36(54)49-39(52)56/h1-6,17-20,22-24,26,37H,7-16,21H2,(H,48,55)(H,49,54,56)/t23-,26-. The SMILES string of the molecule is O=C1CCN(c2cncc3c(C4CCN(C[C@H]5CC[C@H](n6cc7cc(NC(=O)c8cccc(C(F)(F)F)n8)c(C(F)F)cc7n6)CC5)CC4)cccc23)C(=O)N1. The number of pyridine rings is 2. The number of hydrogen-bond donors (Lipinski definition) is 2. The minimum Gasteiger partial charge on any atom is -0.320 e. The molecule has 1 aliphatic carbocycles. The molecule has 0 spiro atoms. The summed E-state index contributed by atoms with van der Waals surface area (Å²) in [6.45, 7) is 3.23. The first-order valence-corrected chi connectivity index (χ1v) is 18.8. The second-order valence-electron chi connectivity index (χ2n) is 14.9. The molecular weight excluding hydrogens is 735 g/mol. The molecule has 0 bridgehead atoms. The van der Waals surface area contributed by atoms with E-state index in [9.17, 15) is 36.3 Å². The van der Waals surface area contributed by atoms with Crippen molar-refractivity contribution >= 4 is 50.9 Å². The normalized spacial score (nSPS) is 20.2. The molecule has 292 valence electrons. The molecule has 8 rings (SSSR count). The van der Waals surface area contributed by atoms with Gasteiger partial charge in [-0.25, -0.2) is 18.6 Å². The number of hydrogen-bond acceptors (Lipinski definition) is 7. The number of alkyl halides is 5. The summed E-state index contributed by atoms with van der Waals surface area (Å²) < 4.78 is 69.5. The summed E-state index contributed by atoms with van der Waals surface area (Å²) in [6, 6.07) is 11.3. The molecule has 3 fully saturated rings. The maximum atomic E-state index is 14.1. The van der Waals surface area contributed by atoms with Crippen molar-refractivity contribution in [2.45, 2.75) is 69.5 Å². The first-order valence-electron chi connectivity index (χ1n) is 18.8. The highest BCUT2D eigenvalue weighted by Crippen LogP contribution is 2.39. The van der Waals surface area contributed by atoms with E-state index in [0.717, 1.165) is 87.1 Å². The predicted molar refractivity (Wildman–Crippen MR) is 199 cm³/mol. The number of amides is 4. The summed E-state index contributed by atoms with van der Waals surface area (Å²) in [5, 5.41) is 11.8. The first kappa shape index (κ1) is 37.4. The van der Waals surface area contributed by atoms with E-state index in [1.54, 1.807) is 17.3 Å². The van der Waals surface area contributed by atoms with Crippen LogP contribution in [-0.4, -0.2) is 68.7 Å². The van der Waals surface area contributed by atoms with E-state index >= 15 is 0 Å². The molecule has 0 atom stereocenters. The molecule has 1 saturated carbocycles. The zero-order chi connectivity index (χ0) is 39.1. The number of fused-ring (bicyclic) bond motifs is 2. The largest absolute Gasteiger partial charge is 0.433 e. The minimum absolute atomic E-state index is 0.0769. The highest BCUT2D eigenvalue weighted by Gasteiger charge is 2.34. The molecule has 2 aliphatic heterocycles. The summed E-state index contributed by atoms with van der Waals surface area (Å²) in [5.74, 6) is -0.444. The number of anilines is 2.